The van der Waals surface area contributed by atoms with Gasteiger partial charge in [-0.25, -0.2) is 4.68 Å². The van der Waals surface area contributed by atoms with Gasteiger partial charge in [0.1, 0.15) is 0 Å². The standard InChI is InChI=1S/C10H10N6S/c11-10(17)14-13-7-8-1-3-9(4-2-8)16-6-5-12-15-16/h1-7H,(H3,11,14,17). The summed E-state index contributed by atoms with van der Waals surface area (Å²) in [6, 6.07) is 7.64. The molecular weight excluding hydrogens is 236 g/mol. The van der Waals surface area contributed by atoms with Crippen molar-refractivity contribution >= 4 is 23.5 Å². The van der Waals surface area contributed by atoms with E-state index in [2.05, 4.69) is 33.1 Å². The van der Waals surface area contributed by atoms with Crippen LogP contribution in [0.15, 0.2) is 41.8 Å². The first kappa shape index (κ1) is 11.2. The van der Waals surface area contributed by atoms with Gasteiger partial charge in [0.25, 0.3) is 0 Å². The molecule has 1 heterocycles. The van der Waals surface area contributed by atoms with Crippen LogP contribution in [-0.2, 0) is 0 Å². The van der Waals surface area contributed by atoms with Crippen LogP contribution in [0.4, 0.5) is 0 Å². The first-order valence-electron chi connectivity index (χ1n) is 4.81. The fraction of sp³-hybridized carbons (Fsp3) is 0. The third kappa shape index (κ3) is 3.08. The van der Waals surface area contributed by atoms with Gasteiger partial charge in [0.05, 0.1) is 24.3 Å². The predicted octanol–water partition coefficient (Wildman–Crippen LogP) is 0.434. The number of aromatic nitrogens is 3. The number of nitrogens with one attached hydrogen (secondary N) is 1. The molecule has 0 aliphatic rings. The average molecular weight is 246 g/mol. The maximum Gasteiger partial charge on any atom is 0.184 e. The number of nitrogens with zero attached hydrogens (tertiary/aromatic N) is 4. The quantitative estimate of drug-likeness (QED) is 0.466. The fourth-order valence-corrected chi connectivity index (χ4v) is 1.28. The van der Waals surface area contributed by atoms with Crippen molar-refractivity contribution in [3.05, 3.63) is 42.2 Å². The molecule has 17 heavy (non-hydrogen) atoms. The number of thiocarbonyl (C=S) groups is 1. The summed E-state index contributed by atoms with van der Waals surface area (Å²) in [5.41, 5.74) is 9.58. The van der Waals surface area contributed by atoms with Gasteiger partial charge in [-0.15, -0.1) is 5.10 Å². The second-order valence-electron chi connectivity index (χ2n) is 3.17. The van der Waals surface area contributed by atoms with Crippen LogP contribution in [0.2, 0.25) is 0 Å². The van der Waals surface area contributed by atoms with Crippen LogP contribution in [0.3, 0.4) is 0 Å². The van der Waals surface area contributed by atoms with Crippen LogP contribution in [0.1, 0.15) is 5.56 Å². The largest absolute Gasteiger partial charge is 0.375 e. The predicted molar refractivity (Wildman–Crippen MR) is 68.9 cm³/mol. The lowest BCUT2D eigenvalue weighted by Crippen LogP contribution is -2.23. The second-order valence-corrected chi connectivity index (χ2v) is 3.61. The van der Waals surface area contributed by atoms with Crippen molar-refractivity contribution in [3.8, 4) is 5.69 Å². The van der Waals surface area contributed by atoms with Gasteiger partial charge in [-0.3, -0.25) is 5.43 Å². The van der Waals surface area contributed by atoms with Gasteiger partial charge in [-0.1, -0.05) is 17.3 Å². The highest BCUT2D eigenvalue weighted by molar-refractivity contribution is 7.80. The van der Waals surface area contributed by atoms with Gasteiger partial charge in [-0.05, 0) is 29.9 Å². The van der Waals surface area contributed by atoms with E-state index in [0.717, 1.165) is 11.3 Å². The molecule has 0 unspecified atom stereocenters. The number of benzene rings is 1. The van der Waals surface area contributed by atoms with Crippen LogP contribution in [-0.4, -0.2) is 26.3 Å². The van der Waals surface area contributed by atoms with Crippen molar-refractivity contribution in [3.63, 3.8) is 0 Å². The minimum Gasteiger partial charge on any atom is -0.375 e. The van der Waals surface area contributed by atoms with E-state index in [1.165, 1.54) is 0 Å². The fourth-order valence-electron chi connectivity index (χ4n) is 1.23. The van der Waals surface area contributed by atoms with E-state index in [4.69, 9.17) is 5.73 Å². The molecule has 0 bridgehead atoms. The maximum absolute atomic E-state index is 5.23. The molecule has 3 N–H and O–H groups in total. The van der Waals surface area contributed by atoms with E-state index >= 15 is 0 Å². The van der Waals surface area contributed by atoms with Crippen molar-refractivity contribution in [1.29, 1.82) is 0 Å². The Morgan fingerprint density at radius 1 is 1.41 bits per heavy atom. The van der Waals surface area contributed by atoms with Crippen molar-refractivity contribution in [2.24, 2.45) is 10.8 Å². The monoisotopic (exact) mass is 246 g/mol. The van der Waals surface area contributed by atoms with Crippen LogP contribution in [0.5, 0.6) is 0 Å². The van der Waals surface area contributed by atoms with Gasteiger partial charge in [0.15, 0.2) is 5.11 Å². The first-order valence-corrected chi connectivity index (χ1v) is 5.22. The summed E-state index contributed by atoms with van der Waals surface area (Å²) in [5.74, 6) is 0. The lowest BCUT2D eigenvalue weighted by atomic mass is 10.2. The molecule has 0 atom stereocenters. The van der Waals surface area contributed by atoms with Crippen LogP contribution in [0, 0.1) is 0 Å². The molecule has 2 rings (SSSR count). The molecule has 0 fully saturated rings. The van der Waals surface area contributed by atoms with Crippen LogP contribution in [0.25, 0.3) is 5.69 Å². The highest BCUT2D eigenvalue weighted by Gasteiger charge is 1.95. The molecule has 0 aliphatic heterocycles. The molecular formula is C10H10N6S. The SMILES string of the molecule is NC(=S)NN=Cc1ccc(-n2ccnn2)cc1. The van der Waals surface area contributed by atoms with Gasteiger partial charge < -0.3 is 5.73 Å². The maximum atomic E-state index is 5.23. The smallest absolute Gasteiger partial charge is 0.184 e. The zero-order chi connectivity index (χ0) is 12.1. The molecule has 6 nitrogen and oxygen atoms in total. The number of hydrazone groups is 1. The Hall–Kier alpha value is -2.28. The normalized spacial score (nSPS) is 10.6. The Labute approximate surface area is 103 Å². The minimum absolute atomic E-state index is 0.139. The van der Waals surface area contributed by atoms with Crippen molar-refractivity contribution < 1.29 is 0 Å². The van der Waals surface area contributed by atoms with E-state index in [-0.39, 0.29) is 5.11 Å². The summed E-state index contributed by atoms with van der Waals surface area (Å²) < 4.78 is 1.67. The first-order chi connectivity index (χ1) is 8.25. The zero-order valence-electron chi connectivity index (χ0n) is 8.82. The lowest BCUT2D eigenvalue weighted by Gasteiger charge is -2.00. The topological polar surface area (TPSA) is 81.1 Å². The molecule has 1 aromatic carbocycles. The summed E-state index contributed by atoms with van der Waals surface area (Å²) in [7, 11) is 0. The summed E-state index contributed by atoms with van der Waals surface area (Å²) in [6.45, 7) is 0. The summed E-state index contributed by atoms with van der Waals surface area (Å²) in [5, 5.41) is 11.6. The van der Waals surface area contributed by atoms with Crippen LogP contribution < -0.4 is 11.2 Å². The third-order valence-electron chi connectivity index (χ3n) is 1.97. The number of nitrogens with two attached hydrogens (primary N) is 1. The van der Waals surface area contributed by atoms with Crippen molar-refractivity contribution in [2.75, 3.05) is 0 Å². The Kier molecular flexibility index (Phi) is 3.41. The number of rotatable bonds is 3. The zero-order valence-corrected chi connectivity index (χ0v) is 9.63. The van der Waals surface area contributed by atoms with Gasteiger partial charge in [-0.2, -0.15) is 5.10 Å². The van der Waals surface area contributed by atoms with E-state index in [1.54, 1.807) is 23.3 Å². The molecule has 7 heteroatoms. The Bertz CT molecular complexity index is 516. The van der Waals surface area contributed by atoms with Crippen molar-refractivity contribution in [2.45, 2.75) is 0 Å². The average Bonchev–Trinajstić information content (AvgIpc) is 2.83. The van der Waals surface area contributed by atoms with Crippen molar-refractivity contribution in [1.82, 2.24) is 20.4 Å². The molecule has 0 radical (unpaired) electrons. The van der Waals surface area contributed by atoms with Gasteiger partial charge in [0.2, 0.25) is 0 Å². The second kappa shape index (κ2) is 5.17. The van der Waals surface area contributed by atoms with E-state index < -0.39 is 0 Å². The lowest BCUT2D eigenvalue weighted by molar-refractivity contribution is 0.803. The molecule has 2 aromatic rings. The molecule has 0 amide bonds. The Morgan fingerprint density at radius 2 is 2.18 bits per heavy atom. The highest BCUT2D eigenvalue weighted by Crippen LogP contribution is 2.06. The minimum atomic E-state index is 0.139. The Morgan fingerprint density at radius 3 is 2.76 bits per heavy atom. The van der Waals surface area contributed by atoms with E-state index in [9.17, 15) is 0 Å². The van der Waals surface area contributed by atoms with Crippen LogP contribution >= 0.6 is 12.2 Å². The molecule has 86 valence electrons. The van der Waals surface area contributed by atoms with E-state index in [0.29, 0.717) is 0 Å². The van der Waals surface area contributed by atoms with Gasteiger partial charge >= 0.3 is 0 Å². The molecule has 0 aliphatic carbocycles. The molecule has 0 saturated heterocycles. The highest BCUT2D eigenvalue weighted by atomic mass is 32.1. The molecule has 0 saturated carbocycles. The van der Waals surface area contributed by atoms with E-state index in [1.807, 2.05) is 24.3 Å². The summed E-state index contributed by atoms with van der Waals surface area (Å²) in [6.07, 6.45) is 5.03. The van der Waals surface area contributed by atoms with Gasteiger partial charge in [0, 0.05) is 0 Å². The summed E-state index contributed by atoms with van der Waals surface area (Å²) >= 11 is 4.62. The molecule has 0 spiro atoms. The summed E-state index contributed by atoms with van der Waals surface area (Å²) in [4.78, 5) is 0. The molecule has 1 aromatic heterocycles. The third-order valence-corrected chi connectivity index (χ3v) is 2.06. The Balaban J connectivity index is 2.08. The number of hydrogen-bond acceptors (Lipinski definition) is 4. The number of hydrogen-bond donors (Lipinski definition) is 2.